The molecule has 1 aliphatic heterocycles. The summed E-state index contributed by atoms with van der Waals surface area (Å²) in [7, 11) is 1.97. The van der Waals surface area contributed by atoms with Gasteiger partial charge in [0.2, 0.25) is 0 Å². The predicted octanol–water partition coefficient (Wildman–Crippen LogP) is 4.49. The van der Waals surface area contributed by atoms with E-state index in [-0.39, 0.29) is 5.91 Å². The molecule has 8 heteroatoms. The van der Waals surface area contributed by atoms with Crippen molar-refractivity contribution in [1.82, 2.24) is 14.8 Å². The number of hydrogen-bond acceptors (Lipinski definition) is 5. The summed E-state index contributed by atoms with van der Waals surface area (Å²) < 4.78 is 9.08. The molecule has 29 heavy (non-hydrogen) atoms. The van der Waals surface area contributed by atoms with Crippen LogP contribution in [0.1, 0.15) is 20.8 Å². The number of amides is 1. The Balaban J connectivity index is 1.54. The molecule has 1 fully saturated rings. The first kappa shape index (κ1) is 20.7. The molecule has 1 aliphatic rings. The fraction of sp³-hybridized carbons (Fsp3) is 0.333. The van der Waals surface area contributed by atoms with Crippen LogP contribution < -0.4 is 5.32 Å². The first-order valence-corrected chi connectivity index (χ1v) is 11.5. The van der Waals surface area contributed by atoms with Gasteiger partial charge >= 0.3 is 0 Å². The molecule has 0 atom stereocenters. The van der Waals surface area contributed by atoms with Gasteiger partial charge in [0.15, 0.2) is 0 Å². The Hall–Kier alpha value is -1.58. The van der Waals surface area contributed by atoms with Gasteiger partial charge in [-0.3, -0.25) is 9.69 Å². The van der Waals surface area contributed by atoms with Crippen LogP contribution in [0.2, 0.25) is 0 Å². The van der Waals surface area contributed by atoms with E-state index < -0.39 is 0 Å². The van der Waals surface area contributed by atoms with Crippen LogP contribution in [0.3, 0.4) is 0 Å². The predicted molar refractivity (Wildman–Crippen MR) is 123 cm³/mol. The summed E-state index contributed by atoms with van der Waals surface area (Å²) in [5.74, 6) is -0.142. The molecule has 2 aromatic heterocycles. The zero-order valence-corrected chi connectivity index (χ0v) is 19.3. The van der Waals surface area contributed by atoms with Gasteiger partial charge in [-0.15, -0.1) is 11.3 Å². The lowest BCUT2D eigenvalue weighted by atomic mass is 10.2. The standard InChI is InChI=1S/C21H22BrN3O2S2/c1-24-13-18(20(26)23-11-14-2-4-15(22)5-3-14)19(28)17-10-16(29-21(17)24)12-25-6-8-27-9-7-25/h2-5,10,13H,6-9,11-12H2,1H3,(H,23,26). The van der Waals surface area contributed by atoms with E-state index in [1.165, 1.54) is 4.88 Å². The summed E-state index contributed by atoms with van der Waals surface area (Å²) in [4.78, 5) is 17.6. The zero-order valence-electron chi connectivity index (χ0n) is 16.1. The number of aryl methyl sites for hydroxylation is 1. The summed E-state index contributed by atoms with van der Waals surface area (Å²) in [5.41, 5.74) is 1.59. The van der Waals surface area contributed by atoms with Crippen molar-refractivity contribution in [2.45, 2.75) is 13.1 Å². The second-order valence-corrected chi connectivity index (χ2v) is 9.55. The van der Waals surface area contributed by atoms with Gasteiger partial charge in [0, 0.05) is 54.2 Å². The maximum atomic E-state index is 12.8. The van der Waals surface area contributed by atoms with Crippen molar-refractivity contribution in [3.63, 3.8) is 0 Å². The number of nitrogens with zero attached hydrogens (tertiary/aromatic N) is 2. The van der Waals surface area contributed by atoms with Crippen LogP contribution in [-0.4, -0.2) is 41.7 Å². The van der Waals surface area contributed by atoms with Crippen molar-refractivity contribution in [2.24, 2.45) is 7.05 Å². The molecule has 1 N–H and O–H groups in total. The highest BCUT2D eigenvalue weighted by Gasteiger charge is 2.17. The Kier molecular flexibility index (Phi) is 6.46. The van der Waals surface area contributed by atoms with E-state index in [2.05, 4.69) is 32.2 Å². The van der Waals surface area contributed by atoms with Gasteiger partial charge in [0.25, 0.3) is 5.91 Å². The summed E-state index contributed by atoms with van der Waals surface area (Å²) in [6.07, 6.45) is 1.84. The molecule has 0 saturated carbocycles. The van der Waals surface area contributed by atoms with Gasteiger partial charge in [0.1, 0.15) is 4.83 Å². The number of fused-ring (bicyclic) bond motifs is 1. The minimum Gasteiger partial charge on any atom is -0.379 e. The molecule has 3 aromatic rings. The average molecular weight is 492 g/mol. The Labute approximate surface area is 187 Å². The number of benzene rings is 1. The van der Waals surface area contributed by atoms with Gasteiger partial charge in [-0.2, -0.15) is 0 Å². The molecule has 1 aromatic carbocycles. The Morgan fingerprint density at radius 2 is 2.00 bits per heavy atom. The van der Waals surface area contributed by atoms with Crippen molar-refractivity contribution in [1.29, 1.82) is 0 Å². The van der Waals surface area contributed by atoms with E-state index in [4.69, 9.17) is 17.0 Å². The molecule has 0 unspecified atom stereocenters. The number of carbonyl (C=O) groups is 1. The van der Waals surface area contributed by atoms with Crippen LogP contribution in [-0.2, 0) is 24.9 Å². The molecule has 0 spiro atoms. The molecular formula is C21H22BrN3O2S2. The van der Waals surface area contributed by atoms with Crippen LogP contribution in [0.4, 0.5) is 0 Å². The van der Waals surface area contributed by atoms with Gasteiger partial charge < -0.3 is 14.6 Å². The van der Waals surface area contributed by atoms with Gasteiger partial charge in [-0.25, -0.2) is 0 Å². The fourth-order valence-electron chi connectivity index (χ4n) is 3.41. The fourth-order valence-corrected chi connectivity index (χ4v) is 5.18. The lowest BCUT2D eigenvalue weighted by molar-refractivity contribution is 0.0346. The molecule has 1 amide bonds. The number of rotatable bonds is 5. The molecule has 5 nitrogen and oxygen atoms in total. The van der Waals surface area contributed by atoms with Crippen molar-refractivity contribution in [3.8, 4) is 0 Å². The van der Waals surface area contributed by atoms with Crippen molar-refractivity contribution >= 4 is 55.6 Å². The summed E-state index contributed by atoms with van der Waals surface area (Å²) in [5, 5.41) is 3.97. The second-order valence-electron chi connectivity index (χ2n) is 7.11. The summed E-state index contributed by atoms with van der Waals surface area (Å²) in [6.45, 7) is 4.83. The van der Waals surface area contributed by atoms with Gasteiger partial charge in [0.05, 0.1) is 23.3 Å². The lowest BCUT2D eigenvalue weighted by Crippen LogP contribution is -2.35. The quantitative estimate of drug-likeness (QED) is 0.533. The molecule has 152 valence electrons. The number of thiophene rings is 1. The number of aromatic nitrogens is 1. The van der Waals surface area contributed by atoms with Crippen LogP contribution in [0.25, 0.3) is 10.2 Å². The first-order chi connectivity index (χ1) is 14.0. The highest BCUT2D eigenvalue weighted by atomic mass is 79.9. The van der Waals surface area contributed by atoms with Crippen molar-refractivity contribution in [3.05, 3.63) is 61.5 Å². The zero-order chi connectivity index (χ0) is 20.4. The number of hydrogen-bond donors (Lipinski definition) is 1. The number of halogens is 1. The third-order valence-electron chi connectivity index (χ3n) is 4.99. The van der Waals surface area contributed by atoms with Gasteiger partial charge in [-0.05, 0) is 23.8 Å². The smallest absolute Gasteiger partial charge is 0.254 e. The number of carbonyl (C=O) groups excluding carboxylic acids is 1. The maximum absolute atomic E-state index is 12.8. The van der Waals surface area contributed by atoms with E-state index in [0.29, 0.717) is 16.6 Å². The number of nitrogens with one attached hydrogen (secondary N) is 1. The minimum atomic E-state index is -0.142. The number of ether oxygens (including phenoxy) is 1. The normalized spacial score (nSPS) is 15.0. The molecule has 0 radical (unpaired) electrons. The maximum Gasteiger partial charge on any atom is 0.254 e. The molecular weight excluding hydrogens is 470 g/mol. The Morgan fingerprint density at radius 1 is 1.28 bits per heavy atom. The van der Waals surface area contributed by atoms with E-state index in [9.17, 15) is 4.79 Å². The highest BCUT2D eigenvalue weighted by Crippen LogP contribution is 2.29. The molecule has 0 bridgehead atoms. The highest BCUT2D eigenvalue weighted by molar-refractivity contribution is 9.10. The van der Waals surface area contributed by atoms with Crippen LogP contribution in [0, 0.1) is 4.51 Å². The lowest BCUT2D eigenvalue weighted by Gasteiger charge is -2.25. The van der Waals surface area contributed by atoms with Crippen LogP contribution >= 0.6 is 39.5 Å². The molecule has 1 saturated heterocycles. The third-order valence-corrected chi connectivity index (χ3v) is 7.17. The molecule has 4 rings (SSSR count). The monoisotopic (exact) mass is 491 g/mol. The summed E-state index contributed by atoms with van der Waals surface area (Å²) >= 11 is 10.9. The minimum absolute atomic E-state index is 0.142. The Bertz CT molecular complexity index is 1090. The molecule has 0 aliphatic carbocycles. The number of pyridine rings is 1. The van der Waals surface area contributed by atoms with E-state index in [0.717, 1.165) is 53.1 Å². The van der Waals surface area contributed by atoms with Crippen LogP contribution in [0.5, 0.6) is 0 Å². The van der Waals surface area contributed by atoms with E-state index in [1.54, 1.807) is 11.3 Å². The van der Waals surface area contributed by atoms with E-state index >= 15 is 0 Å². The largest absolute Gasteiger partial charge is 0.379 e. The van der Waals surface area contributed by atoms with E-state index in [1.807, 2.05) is 42.1 Å². The third kappa shape index (κ3) is 4.78. The molecule has 3 heterocycles. The van der Waals surface area contributed by atoms with Crippen molar-refractivity contribution < 1.29 is 9.53 Å². The second kappa shape index (κ2) is 9.06. The van der Waals surface area contributed by atoms with Crippen molar-refractivity contribution in [2.75, 3.05) is 26.3 Å². The Morgan fingerprint density at radius 3 is 2.72 bits per heavy atom. The first-order valence-electron chi connectivity index (χ1n) is 9.46. The topological polar surface area (TPSA) is 46.5 Å². The average Bonchev–Trinajstić information content (AvgIpc) is 3.15. The van der Waals surface area contributed by atoms with Crippen LogP contribution in [0.15, 0.2) is 41.0 Å². The number of morpholine rings is 1. The SMILES string of the molecule is Cn1cc(C(=O)NCc2ccc(Br)cc2)c(=S)c2cc(CN3CCOCC3)sc21. The summed E-state index contributed by atoms with van der Waals surface area (Å²) in [6, 6.07) is 10.0. The van der Waals surface area contributed by atoms with Gasteiger partial charge in [-0.1, -0.05) is 40.3 Å².